The number of para-hydroxylation sites is 1. The minimum absolute atomic E-state index is 0.218. The Hall–Kier alpha value is -3.41. The molecule has 0 aliphatic carbocycles. The number of anilines is 2. The van der Waals surface area contributed by atoms with Crippen molar-refractivity contribution in [3.63, 3.8) is 0 Å². The first-order chi connectivity index (χ1) is 12.9. The quantitative estimate of drug-likeness (QED) is 0.714. The molecule has 6 heteroatoms. The largest absolute Gasteiger partial charge is 0.321 e. The van der Waals surface area contributed by atoms with Gasteiger partial charge in [0.2, 0.25) is 5.91 Å². The van der Waals surface area contributed by atoms with Crippen LogP contribution in [0.25, 0.3) is 5.69 Å². The fourth-order valence-corrected chi connectivity index (χ4v) is 2.67. The summed E-state index contributed by atoms with van der Waals surface area (Å²) in [7, 11) is 0. The Bertz CT molecular complexity index is 944. The van der Waals surface area contributed by atoms with Gasteiger partial charge in [0.15, 0.2) is 5.69 Å². The summed E-state index contributed by atoms with van der Waals surface area (Å²) in [5.41, 5.74) is 2.87. The maximum atomic E-state index is 12.6. The zero-order chi connectivity index (χ0) is 19.4. The minimum Gasteiger partial charge on any atom is -0.321 e. The van der Waals surface area contributed by atoms with Gasteiger partial charge in [-0.3, -0.25) is 9.59 Å². The van der Waals surface area contributed by atoms with Gasteiger partial charge in [-0.2, -0.15) is 5.10 Å². The smallest absolute Gasteiger partial charge is 0.276 e. The molecule has 0 saturated heterocycles. The van der Waals surface area contributed by atoms with Crippen LogP contribution in [0.3, 0.4) is 0 Å². The predicted octanol–water partition coefficient (Wildman–Crippen LogP) is 4.21. The molecular weight excluding hydrogens is 340 g/mol. The molecule has 1 heterocycles. The van der Waals surface area contributed by atoms with Crippen molar-refractivity contribution < 1.29 is 9.59 Å². The van der Waals surface area contributed by atoms with Crippen molar-refractivity contribution in [2.45, 2.75) is 26.7 Å². The van der Waals surface area contributed by atoms with Crippen LogP contribution in [0.1, 0.15) is 42.7 Å². The lowest BCUT2D eigenvalue weighted by Crippen LogP contribution is -2.13. The number of carbonyl (C=O) groups is 2. The summed E-state index contributed by atoms with van der Waals surface area (Å²) < 4.78 is 1.54. The molecular formula is C21H22N4O2. The van der Waals surface area contributed by atoms with E-state index >= 15 is 0 Å². The number of rotatable bonds is 5. The van der Waals surface area contributed by atoms with Crippen LogP contribution in [0.5, 0.6) is 0 Å². The number of hydrogen-bond donors (Lipinski definition) is 2. The lowest BCUT2D eigenvalue weighted by molar-refractivity contribution is -0.114. The maximum Gasteiger partial charge on any atom is 0.276 e. The van der Waals surface area contributed by atoms with Crippen LogP contribution in [-0.4, -0.2) is 21.6 Å². The monoisotopic (exact) mass is 362 g/mol. The number of benzene rings is 2. The second kappa shape index (κ2) is 7.86. The van der Waals surface area contributed by atoms with Crippen molar-refractivity contribution in [1.29, 1.82) is 0 Å². The lowest BCUT2D eigenvalue weighted by atomic mass is 10.0. The second-order valence-corrected chi connectivity index (χ2v) is 6.57. The van der Waals surface area contributed by atoms with Crippen molar-refractivity contribution in [2.24, 2.45) is 0 Å². The average molecular weight is 362 g/mol. The van der Waals surface area contributed by atoms with Crippen LogP contribution in [0.4, 0.5) is 11.5 Å². The van der Waals surface area contributed by atoms with Crippen LogP contribution >= 0.6 is 0 Å². The van der Waals surface area contributed by atoms with E-state index in [0.717, 1.165) is 5.69 Å². The molecule has 3 rings (SSSR count). The zero-order valence-electron chi connectivity index (χ0n) is 15.6. The van der Waals surface area contributed by atoms with E-state index in [1.807, 2.05) is 54.6 Å². The first-order valence-electron chi connectivity index (χ1n) is 8.78. The third kappa shape index (κ3) is 4.41. The molecule has 0 aliphatic heterocycles. The normalized spacial score (nSPS) is 10.7. The van der Waals surface area contributed by atoms with Crippen molar-refractivity contribution in [3.8, 4) is 5.69 Å². The molecule has 0 spiro atoms. The van der Waals surface area contributed by atoms with E-state index < -0.39 is 0 Å². The van der Waals surface area contributed by atoms with E-state index in [9.17, 15) is 9.59 Å². The molecule has 2 N–H and O–H groups in total. The van der Waals surface area contributed by atoms with Gasteiger partial charge in [-0.05, 0) is 35.7 Å². The fraction of sp³-hybridized carbons (Fsp3) is 0.190. The van der Waals surface area contributed by atoms with Crippen molar-refractivity contribution >= 4 is 23.3 Å². The first kappa shape index (κ1) is 18.4. The minimum atomic E-state index is -0.339. The molecule has 0 aliphatic rings. The predicted molar refractivity (Wildman–Crippen MR) is 106 cm³/mol. The average Bonchev–Trinajstić information content (AvgIpc) is 3.06. The number of aromatic nitrogens is 2. The summed E-state index contributed by atoms with van der Waals surface area (Å²) in [6.45, 7) is 5.65. The van der Waals surface area contributed by atoms with Gasteiger partial charge in [0.05, 0.1) is 5.69 Å². The SMILES string of the molecule is CC(=O)Nc1cc(C(=O)Nc2ccc(C(C)C)cc2)nn1-c1ccccc1. The number of amides is 2. The molecule has 0 fully saturated rings. The molecule has 1 aromatic heterocycles. The summed E-state index contributed by atoms with van der Waals surface area (Å²) in [6.07, 6.45) is 0. The van der Waals surface area contributed by atoms with Gasteiger partial charge in [0.25, 0.3) is 5.91 Å². The summed E-state index contributed by atoms with van der Waals surface area (Å²) in [5.74, 6) is 0.294. The molecule has 6 nitrogen and oxygen atoms in total. The molecule has 2 amide bonds. The Morgan fingerprint density at radius 2 is 1.63 bits per heavy atom. The number of hydrogen-bond acceptors (Lipinski definition) is 3. The van der Waals surface area contributed by atoms with Crippen molar-refractivity contribution in [3.05, 3.63) is 71.9 Å². The molecule has 138 valence electrons. The van der Waals surface area contributed by atoms with Crippen LogP contribution in [0.15, 0.2) is 60.7 Å². The molecule has 2 aromatic carbocycles. The van der Waals surface area contributed by atoms with E-state index in [1.54, 1.807) is 6.07 Å². The van der Waals surface area contributed by atoms with Crippen LogP contribution in [0, 0.1) is 0 Å². The van der Waals surface area contributed by atoms with Gasteiger partial charge in [-0.1, -0.05) is 44.2 Å². The number of nitrogens with zero attached hydrogens (tertiary/aromatic N) is 2. The van der Waals surface area contributed by atoms with E-state index in [2.05, 4.69) is 29.6 Å². The van der Waals surface area contributed by atoms with Crippen LogP contribution in [-0.2, 0) is 4.79 Å². The van der Waals surface area contributed by atoms with E-state index in [0.29, 0.717) is 17.4 Å². The zero-order valence-corrected chi connectivity index (χ0v) is 15.6. The summed E-state index contributed by atoms with van der Waals surface area (Å²) in [5, 5.41) is 9.92. The number of carbonyl (C=O) groups excluding carboxylic acids is 2. The number of nitrogens with one attached hydrogen (secondary N) is 2. The first-order valence-corrected chi connectivity index (χ1v) is 8.78. The summed E-state index contributed by atoms with van der Waals surface area (Å²) in [6, 6.07) is 18.6. The third-order valence-electron chi connectivity index (χ3n) is 4.08. The molecule has 0 saturated carbocycles. The topological polar surface area (TPSA) is 76.0 Å². The van der Waals surface area contributed by atoms with Gasteiger partial charge in [0, 0.05) is 18.7 Å². The van der Waals surface area contributed by atoms with E-state index in [1.165, 1.54) is 17.2 Å². The maximum absolute atomic E-state index is 12.6. The lowest BCUT2D eigenvalue weighted by Gasteiger charge is -2.07. The third-order valence-corrected chi connectivity index (χ3v) is 4.08. The van der Waals surface area contributed by atoms with Gasteiger partial charge in [0.1, 0.15) is 5.82 Å². The Morgan fingerprint density at radius 1 is 0.963 bits per heavy atom. The second-order valence-electron chi connectivity index (χ2n) is 6.57. The van der Waals surface area contributed by atoms with Crippen LogP contribution in [0.2, 0.25) is 0 Å². The highest BCUT2D eigenvalue weighted by Gasteiger charge is 2.16. The van der Waals surface area contributed by atoms with Crippen LogP contribution < -0.4 is 10.6 Å². The molecule has 27 heavy (non-hydrogen) atoms. The highest BCUT2D eigenvalue weighted by atomic mass is 16.2. The van der Waals surface area contributed by atoms with Crippen molar-refractivity contribution in [2.75, 3.05) is 10.6 Å². The van der Waals surface area contributed by atoms with Gasteiger partial charge < -0.3 is 10.6 Å². The molecule has 0 atom stereocenters. The Balaban J connectivity index is 1.86. The Morgan fingerprint density at radius 3 is 2.22 bits per heavy atom. The highest BCUT2D eigenvalue weighted by molar-refractivity contribution is 6.04. The van der Waals surface area contributed by atoms with Gasteiger partial charge in [-0.25, -0.2) is 4.68 Å². The van der Waals surface area contributed by atoms with Gasteiger partial charge >= 0.3 is 0 Å². The molecule has 0 bridgehead atoms. The summed E-state index contributed by atoms with van der Waals surface area (Å²) in [4.78, 5) is 24.1. The van der Waals surface area contributed by atoms with Gasteiger partial charge in [-0.15, -0.1) is 0 Å². The molecule has 0 unspecified atom stereocenters. The molecule has 0 radical (unpaired) electrons. The Kier molecular flexibility index (Phi) is 5.35. The molecule has 3 aromatic rings. The highest BCUT2D eigenvalue weighted by Crippen LogP contribution is 2.20. The van der Waals surface area contributed by atoms with E-state index in [-0.39, 0.29) is 17.5 Å². The Labute approximate surface area is 158 Å². The van der Waals surface area contributed by atoms with Crippen molar-refractivity contribution in [1.82, 2.24) is 9.78 Å². The fourth-order valence-electron chi connectivity index (χ4n) is 2.67. The van der Waals surface area contributed by atoms with E-state index in [4.69, 9.17) is 0 Å². The summed E-state index contributed by atoms with van der Waals surface area (Å²) >= 11 is 0. The standard InChI is InChI=1S/C21H22N4O2/c1-14(2)16-9-11-17(12-10-16)23-21(27)19-13-20(22-15(3)26)25(24-19)18-7-5-4-6-8-18/h4-14H,1-3H3,(H,22,26)(H,23,27).